The Kier molecular flexibility index (Phi) is 4.42. The van der Waals surface area contributed by atoms with E-state index in [1.165, 1.54) is 6.42 Å². The van der Waals surface area contributed by atoms with Gasteiger partial charge in [0.2, 0.25) is 0 Å². The van der Waals surface area contributed by atoms with Gasteiger partial charge in [-0.1, -0.05) is 40.5 Å². The van der Waals surface area contributed by atoms with Crippen LogP contribution in [-0.4, -0.2) is 17.3 Å². The van der Waals surface area contributed by atoms with Crippen molar-refractivity contribution in [1.82, 2.24) is 0 Å². The minimum absolute atomic E-state index is 0.154. The fourth-order valence-electron chi connectivity index (χ4n) is 2.88. The minimum atomic E-state index is -0.550. The van der Waals surface area contributed by atoms with Crippen molar-refractivity contribution in [3.63, 3.8) is 0 Å². The molecule has 2 heteroatoms. The summed E-state index contributed by atoms with van der Waals surface area (Å²) in [7, 11) is 0. The van der Waals surface area contributed by atoms with Gasteiger partial charge in [-0.25, -0.2) is 0 Å². The Hall–Kier alpha value is -0.0800. The standard InChI is InChI=1S/C14H29NO/c1-11(2)12-6-5-8-14(16,9-7-12)13(3,4)10-15/h11-12,16H,5-10,15H2,1-4H3. The molecule has 0 bridgehead atoms. The summed E-state index contributed by atoms with van der Waals surface area (Å²) in [6.07, 6.45) is 5.39. The highest BCUT2D eigenvalue weighted by molar-refractivity contribution is 4.96. The number of hydrogen-bond donors (Lipinski definition) is 2. The van der Waals surface area contributed by atoms with Gasteiger partial charge in [0.1, 0.15) is 0 Å². The molecule has 1 aliphatic rings. The van der Waals surface area contributed by atoms with Gasteiger partial charge in [0.05, 0.1) is 5.60 Å². The molecule has 0 heterocycles. The zero-order valence-electron chi connectivity index (χ0n) is 11.4. The first-order chi connectivity index (χ1) is 7.32. The monoisotopic (exact) mass is 227 g/mol. The van der Waals surface area contributed by atoms with Crippen LogP contribution in [0.2, 0.25) is 0 Å². The number of rotatable bonds is 3. The molecule has 0 spiro atoms. The van der Waals surface area contributed by atoms with Gasteiger partial charge in [-0.3, -0.25) is 0 Å². The molecule has 0 aliphatic heterocycles. The lowest BCUT2D eigenvalue weighted by Crippen LogP contribution is -2.48. The van der Waals surface area contributed by atoms with Gasteiger partial charge in [-0.05, 0) is 31.1 Å². The fourth-order valence-corrected chi connectivity index (χ4v) is 2.88. The van der Waals surface area contributed by atoms with Crippen LogP contribution in [0.1, 0.15) is 59.8 Å². The van der Waals surface area contributed by atoms with E-state index in [-0.39, 0.29) is 5.41 Å². The summed E-state index contributed by atoms with van der Waals surface area (Å²) in [6.45, 7) is 9.35. The van der Waals surface area contributed by atoms with E-state index in [0.717, 1.165) is 37.5 Å². The highest BCUT2D eigenvalue weighted by Crippen LogP contribution is 2.43. The van der Waals surface area contributed by atoms with Crippen molar-refractivity contribution in [2.24, 2.45) is 23.0 Å². The Labute approximate surface area is 101 Å². The van der Waals surface area contributed by atoms with Crippen molar-refractivity contribution in [3.8, 4) is 0 Å². The molecule has 0 aromatic rings. The van der Waals surface area contributed by atoms with Crippen LogP contribution in [0, 0.1) is 17.3 Å². The quantitative estimate of drug-likeness (QED) is 0.728. The van der Waals surface area contributed by atoms with Crippen LogP contribution in [0.5, 0.6) is 0 Å². The number of nitrogens with two attached hydrogens (primary N) is 1. The average Bonchev–Trinajstić information content (AvgIpc) is 2.41. The molecular weight excluding hydrogens is 198 g/mol. The maximum Gasteiger partial charge on any atom is 0.0710 e. The third-order valence-corrected chi connectivity index (χ3v) is 4.81. The molecule has 2 nitrogen and oxygen atoms in total. The van der Waals surface area contributed by atoms with Crippen LogP contribution in [0.4, 0.5) is 0 Å². The molecular formula is C14H29NO. The van der Waals surface area contributed by atoms with E-state index in [1.807, 2.05) is 0 Å². The zero-order valence-corrected chi connectivity index (χ0v) is 11.4. The van der Waals surface area contributed by atoms with E-state index in [4.69, 9.17) is 5.73 Å². The predicted molar refractivity (Wildman–Crippen MR) is 69.2 cm³/mol. The van der Waals surface area contributed by atoms with Crippen molar-refractivity contribution < 1.29 is 5.11 Å². The van der Waals surface area contributed by atoms with Crippen LogP contribution in [-0.2, 0) is 0 Å². The van der Waals surface area contributed by atoms with Crippen LogP contribution >= 0.6 is 0 Å². The van der Waals surface area contributed by atoms with Crippen LogP contribution in [0.25, 0.3) is 0 Å². The molecule has 2 unspecified atom stereocenters. The molecule has 0 radical (unpaired) electrons. The molecule has 0 aromatic carbocycles. The van der Waals surface area contributed by atoms with Crippen molar-refractivity contribution in [3.05, 3.63) is 0 Å². The molecule has 96 valence electrons. The molecule has 2 atom stereocenters. The summed E-state index contributed by atoms with van der Waals surface area (Å²) >= 11 is 0. The second-order valence-electron chi connectivity index (χ2n) is 6.55. The first kappa shape index (κ1) is 14.0. The largest absolute Gasteiger partial charge is 0.389 e. The third-order valence-electron chi connectivity index (χ3n) is 4.81. The lowest BCUT2D eigenvalue weighted by atomic mass is 9.70. The van der Waals surface area contributed by atoms with E-state index < -0.39 is 5.60 Å². The normalized spacial score (nSPS) is 32.8. The highest BCUT2D eigenvalue weighted by Gasteiger charge is 2.43. The van der Waals surface area contributed by atoms with Gasteiger partial charge in [0.15, 0.2) is 0 Å². The maximum atomic E-state index is 10.8. The van der Waals surface area contributed by atoms with Crippen LogP contribution < -0.4 is 5.73 Å². The molecule has 1 saturated carbocycles. The van der Waals surface area contributed by atoms with Gasteiger partial charge in [0, 0.05) is 12.0 Å². The van der Waals surface area contributed by atoms with Crippen LogP contribution in [0.3, 0.4) is 0 Å². The zero-order chi connectivity index (χ0) is 12.4. The first-order valence-electron chi connectivity index (χ1n) is 6.75. The Morgan fingerprint density at radius 1 is 1.31 bits per heavy atom. The van der Waals surface area contributed by atoms with E-state index in [9.17, 15) is 5.11 Å². The Balaban J connectivity index is 2.71. The average molecular weight is 227 g/mol. The number of aliphatic hydroxyl groups is 1. The van der Waals surface area contributed by atoms with Gasteiger partial charge in [-0.2, -0.15) is 0 Å². The predicted octanol–water partition coefficient (Wildman–Crippen LogP) is 2.94. The Bertz CT molecular complexity index is 225. The topological polar surface area (TPSA) is 46.2 Å². The van der Waals surface area contributed by atoms with E-state index >= 15 is 0 Å². The minimum Gasteiger partial charge on any atom is -0.389 e. The smallest absolute Gasteiger partial charge is 0.0710 e. The molecule has 1 aliphatic carbocycles. The van der Waals surface area contributed by atoms with Crippen molar-refractivity contribution >= 4 is 0 Å². The van der Waals surface area contributed by atoms with Crippen molar-refractivity contribution in [2.45, 2.75) is 65.4 Å². The molecule has 1 rings (SSSR count). The first-order valence-corrected chi connectivity index (χ1v) is 6.75. The van der Waals surface area contributed by atoms with Gasteiger partial charge >= 0.3 is 0 Å². The summed E-state index contributed by atoms with van der Waals surface area (Å²) in [5.74, 6) is 1.52. The summed E-state index contributed by atoms with van der Waals surface area (Å²) in [6, 6.07) is 0. The summed E-state index contributed by atoms with van der Waals surface area (Å²) in [5.41, 5.74) is 5.10. The summed E-state index contributed by atoms with van der Waals surface area (Å²) in [4.78, 5) is 0. The van der Waals surface area contributed by atoms with E-state index in [0.29, 0.717) is 6.54 Å². The van der Waals surface area contributed by atoms with Crippen LogP contribution in [0.15, 0.2) is 0 Å². The Morgan fingerprint density at radius 3 is 2.44 bits per heavy atom. The summed E-state index contributed by atoms with van der Waals surface area (Å²) < 4.78 is 0. The van der Waals surface area contributed by atoms with Gasteiger partial charge in [0.25, 0.3) is 0 Å². The van der Waals surface area contributed by atoms with E-state index in [2.05, 4.69) is 27.7 Å². The molecule has 0 aromatic heterocycles. The lowest BCUT2D eigenvalue weighted by molar-refractivity contribution is -0.0747. The third kappa shape index (κ3) is 2.78. The molecule has 0 saturated heterocycles. The second kappa shape index (κ2) is 5.05. The second-order valence-corrected chi connectivity index (χ2v) is 6.55. The van der Waals surface area contributed by atoms with E-state index in [1.54, 1.807) is 0 Å². The summed E-state index contributed by atoms with van der Waals surface area (Å²) in [5, 5.41) is 10.8. The maximum absolute atomic E-state index is 10.8. The highest BCUT2D eigenvalue weighted by atomic mass is 16.3. The molecule has 3 N–H and O–H groups in total. The number of hydrogen-bond acceptors (Lipinski definition) is 2. The van der Waals surface area contributed by atoms with Gasteiger partial charge in [-0.15, -0.1) is 0 Å². The fraction of sp³-hybridized carbons (Fsp3) is 1.00. The lowest BCUT2D eigenvalue weighted by Gasteiger charge is -2.42. The van der Waals surface area contributed by atoms with Crippen molar-refractivity contribution in [1.29, 1.82) is 0 Å². The van der Waals surface area contributed by atoms with Crippen molar-refractivity contribution in [2.75, 3.05) is 6.54 Å². The molecule has 16 heavy (non-hydrogen) atoms. The Morgan fingerprint density at radius 2 is 1.94 bits per heavy atom. The molecule has 1 fully saturated rings. The molecule has 0 amide bonds. The SMILES string of the molecule is CC(C)C1CCCC(O)(C(C)(C)CN)CC1. The van der Waals surface area contributed by atoms with Gasteiger partial charge < -0.3 is 10.8 Å².